The minimum atomic E-state index is -0.383. The van der Waals surface area contributed by atoms with Crippen molar-refractivity contribution in [2.75, 3.05) is 0 Å². The van der Waals surface area contributed by atoms with Crippen molar-refractivity contribution in [3.8, 4) is 0 Å². The molecule has 0 aromatic carbocycles. The van der Waals surface area contributed by atoms with Crippen LogP contribution in [0.5, 0.6) is 0 Å². The second-order valence-corrected chi connectivity index (χ2v) is 5.21. The lowest BCUT2D eigenvalue weighted by molar-refractivity contribution is 0.0232. The number of hydrogen-bond donors (Lipinski definition) is 1. The van der Waals surface area contributed by atoms with Gasteiger partial charge >= 0.3 is 0 Å². The first-order valence-electron chi connectivity index (χ1n) is 6.30. The van der Waals surface area contributed by atoms with Crippen molar-refractivity contribution in [2.45, 2.75) is 45.5 Å². The molecule has 17 heavy (non-hydrogen) atoms. The third kappa shape index (κ3) is 2.38. The van der Waals surface area contributed by atoms with Gasteiger partial charge in [0.05, 0.1) is 18.3 Å². The average Bonchev–Trinajstić information content (AvgIpc) is 2.74. The van der Waals surface area contributed by atoms with Crippen LogP contribution in [0.3, 0.4) is 0 Å². The molecule has 4 nitrogen and oxygen atoms in total. The largest absolute Gasteiger partial charge is 0.392 e. The van der Waals surface area contributed by atoms with E-state index in [-0.39, 0.29) is 24.2 Å². The third-order valence-corrected chi connectivity index (χ3v) is 4.08. The van der Waals surface area contributed by atoms with Gasteiger partial charge in [0, 0.05) is 31.8 Å². The molecular formula is C13H22N2O2. The second-order valence-electron chi connectivity index (χ2n) is 5.21. The molecule has 0 spiro atoms. The lowest BCUT2D eigenvalue weighted by Crippen LogP contribution is -2.33. The van der Waals surface area contributed by atoms with Crippen molar-refractivity contribution in [1.29, 1.82) is 0 Å². The quantitative estimate of drug-likeness (QED) is 0.865. The summed E-state index contributed by atoms with van der Waals surface area (Å²) in [5, 5.41) is 10.4. The first kappa shape index (κ1) is 12.6. The molecule has 1 N–H and O–H groups in total. The number of aryl methyl sites for hydroxylation is 1. The van der Waals surface area contributed by atoms with E-state index in [1.165, 1.54) is 0 Å². The van der Waals surface area contributed by atoms with E-state index in [9.17, 15) is 5.11 Å². The molecule has 0 saturated carbocycles. The molecule has 1 aromatic rings. The Hall–Kier alpha value is -0.870. The van der Waals surface area contributed by atoms with E-state index < -0.39 is 0 Å². The summed E-state index contributed by atoms with van der Waals surface area (Å²) in [4.78, 5) is 4.26. The first-order chi connectivity index (χ1) is 8.00. The van der Waals surface area contributed by atoms with Crippen LogP contribution in [0.1, 0.15) is 26.6 Å². The zero-order valence-electron chi connectivity index (χ0n) is 11.0. The summed E-state index contributed by atoms with van der Waals surface area (Å²) in [6.45, 7) is 6.28. The van der Waals surface area contributed by atoms with E-state index in [2.05, 4.69) is 18.8 Å². The summed E-state index contributed by atoms with van der Waals surface area (Å²) in [6.07, 6.45) is 4.23. The van der Waals surface area contributed by atoms with Gasteiger partial charge in [-0.15, -0.1) is 0 Å². The molecule has 0 aliphatic carbocycles. The van der Waals surface area contributed by atoms with Crippen LogP contribution in [0.2, 0.25) is 0 Å². The molecule has 1 aromatic heterocycles. The minimum Gasteiger partial charge on any atom is -0.392 e. The van der Waals surface area contributed by atoms with E-state index >= 15 is 0 Å². The summed E-state index contributed by atoms with van der Waals surface area (Å²) in [5.74, 6) is 1.51. The topological polar surface area (TPSA) is 47.3 Å². The van der Waals surface area contributed by atoms with Gasteiger partial charge in [-0.2, -0.15) is 0 Å². The number of rotatable bonds is 3. The second kappa shape index (κ2) is 4.78. The molecule has 1 aliphatic rings. The van der Waals surface area contributed by atoms with Gasteiger partial charge in [-0.25, -0.2) is 4.98 Å². The molecule has 0 amide bonds. The lowest BCUT2D eigenvalue weighted by Gasteiger charge is -2.24. The number of ether oxygens (including phenoxy) is 1. The molecule has 0 radical (unpaired) electrons. The van der Waals surface area contributed by atoms with E-state index in [0.717, 1.165) is 5.82 Å². The van der Waals surface area contributed by atoms with Gasteiger partial charge in [-0.3, -0.25) is 0 Å². The fraction of sp³-hybridized carbons (Fsp3) is 0.769. The number of aromatic nitrogens is 2. The third-order valence-electron chi connectivity index (χ3n) is 4.08. The Morgan fingerprint density at radius 1 is 1.41 bits per heavy atom. The maximum Gasteiger partial charge on any atom is 0.110 e. The first-order valence-corrected chi connectivity index (χ1v) is 6.30. The van der Waals surface area contributed by atoms with Crippen molar-refractivity contribution in [3.05, 3.63) is 18.2 Å². The van der Waals surface area contributed by atoms with Gasteiger partial charge in [0.15, 0.2) is 0 Å². The Kier molecular flexibility index (Phi) is 3.54. The highest BCUT2D eigenvalue weighted by atomic mass is 16.5. The molecule has 2 heterocycles. The Morgan fingerprint density at radius 2 is 2.12 bits per heavy atom. The van der Waals surface area contributed by atoms with Gasteiger partial charge in [0.2, 0.25) is 0 Å². The average molecular weight is 238 g/mol. The Morgan fingerprint density at radius 3 is 2.59 bits per heavy atom. The fourth-order valence-electron chi connectivity index (χ4n) is 2.87. The molecular weight excluding hydrogens is 216 g/mol. The fourth-order valence-corrected chi connectivity index (χ4v) is 2.87. The number of hydrogen-bond acceptors (Lipinski definition) is 3. The van der Waals surface area contributed by atoms with Crippen LogP contribution in [0.25, 0.3) is 0 Å². The molecule has 96 valence electrons. The predicted molar refractivity (Wildman–Crippen MR) is 65.6 cm³/mol. The molecule has 0 bridgehead atoms. The van der Waals surface area contributed by atoms with Crippen LogP contribution < -0.4 is 0 Å². The maximum absolute atomic E-state index is 10.4. The highest BCUT2D eigenvalue weighted by Crippen LogP contribution is 2.35. The van der Waals surface area contributed by atoms with Gasteiger partial charge in [-0.1, -0.05) is 6.92 Å². The molecule has 5 atom stereocenters. The zero-order chi connectivity index (χ0) is 12.6. The summed E-state index contributed by atoms with van der Waals surface area (Å²) < 4.78 is 7.73. The Bertz CT molecular complexity index is 377. The van der Waals surface area contributed by atoms with Crippen LogP contribution in [-0.4, -0.2) is 33.0 Å². The zero-order valence-corrected chi connectivity index (χ0v) is 11.0. The van der Waals surface area contributed by atoms with Gasteiger partial charge < -0.3 is 14.4 Å². The molecule has 1 aliphatic heterocycles. The number of aliphatic hydroxyl groups is 1. The summed E-state index contributed by atoms with van der Waals surface area (Å²) in [7, 11) is 1.95. The van der Waals surface area contributed by atoms with Crippen molar-refractivity contribution >= 4 is 0 Å². The van der Waals surface area contributed by atoms with Crippen LogP contribution in [0.15, 0.2) is 12.4 Å². The Labute approximate surface area is 103 Å². The molecule has 5 unspecified atom stereocenters. The van der Waals surface area contributed by atoms with E-state index in [1.54, 1.807) is 6.20 Å². The summed E-state index contributed by atoms with van der Waals surface area (Å²) in [5.41, 5.74) is 0. The Balaban J connectivity index is 2.05. The number of nitrogens with zero attached hydrogens (tertiary/aromatic N) is 2. The van der Waals surface area contributed by atoms with Crippen LogP contribution in [-0.2, 0) is 18.2 Å². The van der Waals surface area contributed by atoms with Crippen LogP contribution >= 0.6 is 0 Å². The monoisotopic (exact) mass is 238 g/mol. The van der Waals surface area contributed by atoms with Crippen molar-refractivity contribution in [3.63, 3.8) is 0 Å². The van der Waals surface area contributed by atoms with E-state index in [1.807, 2.05) is 24.7 Å². The summed E-state index contributed by atoms with van der Waals surface area (Å²) >= 11 is 0. The normalized spacial score (nSPS) is 35.1. The smallest absolute Gasteiger partial charge is 0.110 e. The number of imidazole rings is 1. The lowest BCUT2D eigenvalue weighted by atomic mass is 9.83. The van der Waals surface area contributed by atoms with Gasteiger partial charge in [0.25, 0.3) is 0 Å². The van der Waals surface area contributed by atoms with Gasteiger partial charge in [-0.05, 0) is 19.8 Å². The molecule has 1 saturated heterocycles. The van der Waals surface area contributed by atoms with Crippen molar-refractivity contribution in [1.82, 2.24) is 9.55 Å². The SMILES string of the molecule is CC1OC(C)C(C(O)Cc2nccn2C)C1C. The van der Waals surface area contributed by atoms with Crippen LogP contribution in [0.4, 0.5) is 0 Å². The van der Waals surface area contributed by atoms with Gasteiger partial charge in [0.1, 0.15) is 5.82 Å². The van der Waals surface area contributed by atoms with E-state index in [0.29, 0.717) is 12.3 Å². The highest BCUT2D eigenvalue weighted by molar-refractivity contribution is 4.97. The molecule has 1 fully saturated rings. The molecule has 2 rings (SSSR count). The highest BCUT2D eigenvalue weighted by Gasteiger charge is 2.41. The standard InChI is InChI=1S/C13H22N2O2/c1-8-9(2)17-10(3)13(8)11(16)7-12-14-5-6-15(12)4/h5-6,8-11,13,16H,7H2,1-4H3. The van der Waals surface area contributed by atoms with Crippen molar-refractivity contribution in [2.24, 2.45) is 18.9 Å². The van der Waals surface area contributed by atoms with Crippen LogP contribution in [0, 0.1) is 11.8 Å². The number of aliphatic hydroxyl groups excluding tert-OH is 1. The maximum atomic E-state index is 10.4. The molecule has 4 heteroatoms. The van der Waals surface area contributed by atoms with E-state index in [4.69, 9.17) is 4.74 Å². The van der Waals surface area contributed by atoms with Crippen molar-refractivity contribution < 1.29 is 9.84 Å². The summed E-state index contributed by atoms with van der Waals surface area (Å²) in [6, 6.07) is 0. The minimum absolute atomic E-state index is 0.121. The predicted octanol–water partition coefficient (Wildman–Crippen LogP) is 1.38.